The monoisotopic (exact) mass is 269 g/mol. The van der Waals surface area contributed by atoms with Gasteiger partial charge >= 0.3 is 6.03 Å². The van der Waals surface area contributed by atoms with E-state index in [1.54, 1.807) is 0 Å². The average molecular weight is 269 g/mol. The van der Waals surface area contributed by atoms with Crippen LogP contribution < -0.4 is 5.32 Å². The highest BCUT2D eigenvalue weighted by molar-refractivity contribution is 5.74. The molecule has 0 aromatic heterocycles. The van der Waals surface area contributed by atoms with Gasteiger partial charge in [-0.15, -0.1) is 0 Å². The van der Waals surface area contributed by atoms with Crippen LogP contribution in [0.5, 0.6) is 0 Å². The molecule has 1 aliphatic heterocycles. The zero-order valence-corrected chi connectivity index (χ0v) is 13.1. The second-order valence-electron chi connectivity index (χ2n) is 6.44. The van der Waals surface area contributed by atoms with Crippen LogP contribution >= 0.6 is 0 Å². The molecule has 1 rings (SSSR count). The van der Waals surface area contributed by atoms with Crippen molar-refractivity contribution < 1.29 is 4.79 Å². The molecule has 1 fully saturated rings. The highest BCUT2D eigenvalue weighted by Crippen LogP contribution is 2.11. The van der Waals surface area contributed by atoms with Crippen LogP contribution in [0.15, 0.2) is 0 Å². The second-order valence-corrected chi connectivity index (χ2v) is 6.44. The highest BCUT2D eigenvalue weighted by Gasteiger charge is 2.20. The summed E-state index contributed by atoms with van der Waals surface area (Å²) in [6, 6.07) is 0.389. The van der Waals surface area contributed by atoms with Crippen LogP contribution in [0.4, 0.5) is 4.79 Å². The van der Waals surface area contributed by atoms with Gasteiger partial charge in [0.25, 0.3) is 0 Å². The SMILES string of the molecule is CC(C)CC(CN(C)C)NC(=O)N1CCCCCC1. The molecule has 0 radical (unpaired) electrons. The van der Waals surface area contributed by atoms with E-state index < -0.39 is 0 Å². The minimum absolute atomic E-state index is 0.134. The quantitative estimate of drug-likeness (QED) is 0.832. The molecule has 0 aromatic carbocycles. The van der Waals surface area contributed by atoms with E-state index in [1.165, 1.54) is 12.8 Å². The summed E-state index contributed by atoms with van der Waals surface area (Å²) in [6.45, 7) is 7.17. The van der Waals surface area contributed by atoms with Gasteiger partial charge in [0.05, 0.1) is 0 Å². The third kappa shape index (κ3) is 6.81. The molecule has 19 heavy (non-hydrogen) atoms. The first kappa shape index (κ1) is 16.3. The summed E-state index contributed by atoms with van der Waals surface area (Å²) < 4.78 is 0. The van der Waals surface area contributed by atoms with Crippen molar-refractivity contribution in [3.63, 3.8) is 0 Å². The second kappa shape index (κ2) is 8.41. The predicted octanol–water partition coefficient (Wildman–Crippen LogP) is 2.55. The highest BCUT2D eigenvalue weighted by atomic mass is 16.2. The predicted molar refractivity (Wildman–Crippen MR) is 80.4 cm³/mol. The molecule has 1 aliphatic rings. The van der Waals surface area contributed by atoms with E-state index in [2.05, 4.69) is 38.2 Å². The Morgan fingerprint density at radius 3 is 2.21 bits per heavy atom. The number of rotatable bonds is 5. The Labute approximate surface area is 118 Å². The summed E-state index contributed by atoms with van der Waals surface area (Å²) in [5.41, 5.74) is 0. The number of urea groups is 1. The topological polar surface area (TPSA) is 35.6 Å². The van der Waals surface area contributed by atoms with E-state index in [-0.39, 0.29) is 12.1 Å². The Morgan fingerprint density at radius 1 is 1.16 bits per heavy atom. The van der Waals surface area contributed by atoms with Gasteiger partial charge in [0.15, 0.2) is 0 Å². The molecule has 2 amide bonds. The molecule has 0 saturated carbocycles. The van der Waals surface area contributed by atoms with Gasteiger partial charge < -0.3 is 15.1 Å². The molecule has 4 nitrogen and oxygen atoms in total. The molecule has 112 valence electrons. The van der Waals surface area contributed by atoms with Crippen molar-refractivity contribution in [3.05, 3.63) is 0 Å². The minimum Gasteiger partial charge on any atom is -0.334 e. The van der Waals surface area contributed by atoms with Crippen molar-refractivity contribution in [1.29, 1.82) is 0 Å². The molecule has 0 spiro atoms. The maximum Gasteiger partial charge on any atom is 0.317 e. The van der Waals surface area contributed by atoms with E-state index in [0.29, 0.717) is 5.92 Å². The zero-order valence-electron chi connectivity index (χ0n) is 13.1. The molecule has 4 heteroatoms. The first-order valence-electron chi connectivity index (χ1n) is 7.69. The van der Waals surface area contributed by atoms with E-state index in [1.807, 2.05) is 4.90 Å². The average Bonchev–Trinajstić information content (AvgIpc) is 2.55. The van der Waals surface area contributed by atoms with E-state index >= 15 is 0 Å². The number of amides is 2. The molecule has 1 atom stereocenters. The van der Waals surface area contributed by atoms with E-state index in [4.69, 9.17) is 0 Å². The summed E-state index contributed by atoms with van der Waals surface area (Å²) in [4.78, 5) is 16.5. The van der Waals surface area contributed by atoms with Crippen LogP contribution in [0.25, 0.3) is 0 Å². The van der Waals surface area contributed by atoms with Crippen LogP contribution in [-0.4, -0.2) is 55.6 Å². The number of hydrogen-bond donors (Lipinski definition) is 1. The van der Waals surface area contributed by atoms with Gasteiger partial charge in [-0.05, 0) is 39.3 Å². The molecule has 0 aliphatic carbocycles. The first-order chi connectivity index (χ1) is 8.99. The molecule has 1 unspecified atom stereocenters. The summed E-state index contributed by atoms with van der Waals surface area (Å²) in [5, 5.41) is 3.22. The standard InChI is InChI=1S/C15H31N3O/c1-13(2)11-14(12-17(3)4)16-15(19)18-9-7-5-6-8-10-18/h13-14H,5-12H2,1-4H3,(H,16,19). The Bertz CT molecular complexity index is 248. The molecule has 1 saturated heterocycles. The summed E-state index contributed by atoms with van der Waals surface area (Å²) in [5.74, 6) is 0.606. The Balaban J connectivity index is 2.48. The van der Waals surface area contributed by atoms with Crippen molar-refractivity contribution in [1.82, 2.24) is 15.1 Å². The van der Waals surface area contributed by atoms with E-state index in [0.717, 1.165) is 38.9 Å². The van der Waals surface area contributed by atoms with Gasteiger partial charge in [-0.1, -0.05) is 26.7 Å². The third-order valence-corrected chi connectivity index (χ3v) is 3.56. The number of carbonyl (C=O) groups excluding carboxylic acids is 1. The summed E-state index contributed by atoms with van der Waals surface area (Å²) >= 11 is 0. The third-order valence-electron chi connectivity index (χ3n) is 3.56. The number of likely N-dealkylation sites (tertiary alicyclic amines) is 1. The lowest BCUT2D eigenvalue weighted by Crippen LogP contribution is -2.48. The van der Waals surface area contributed by atoms with Crippen molar-refractivity contribution in [2.45, 2.75) is 52.0 Å². The lowest BCUT2D eigenvalue weighted by Gasteiger charge is -2.28. The Hall–Kier alpha value is -0.770. The van der Waals surface area contributed by atoms with Gasteiger partial charge in [0.2, 0.25) is 0 Å². The number of likely N-dealkylation sites (N-methyl/N-ethyl adjacent to an activating group) is 1. The van der Waals surface area contributed by atoms with Crippen LogP contribution in [0.3, 0.4) is 0 Å². The zero-order chi connectivity index (χ0) is 14.3. The molecule has 1 N–H and O–H groups in total. The summed E-state index contributed by atoms with van der Waals surface area (Å²) in [7, 11) is 4.12. The van der Waals surface area contributed by atoms with Crippen LogP contribution in [0.2, 0.25) is 0 Å². The largest absolute Gasteiger partial charge is 0.334 e. The van der Waals surface area contributed by atoms with Crippen molar-refractivity contribution in [2.24, 2.45) is 5.92 Å². The fourth-order valence-corrected chi connectivity index (χ4v) is 2.73. The van der Waals surface area contributed by atoms with E-state index in [9.17, 15) is 4.79 Å². The van der Waals surface area contributed by atoms with Gasteiger partial charge in [0, 0.05) is 25.7 Å². The van der Waals surface area contributed by atoms with Crippen LogP contribution in [0.1, 0.15) is 46.0 Å². The summed E-state index contributed by atoms with van der Waals surface area (Å²) in [6.07, 6.45) is 5.86. The minimum atomic E-state index is 0.134. The van der Waals surface area contributed by atoms with Crippen LogP contribution in [-0.2, 0) is 0 Å². The Morgan fingerprint density at radius 2 is 1.74 bits per heavy atom. The van der Waals surface area contributed by atoms with Gasteiger partial charge in [-0.25, -0.2) is 4.79 Å². The fraction of sp³-hybridized carbons (Fsp3) is 0.933. The van der Waals surface area contributed by atoms with Gasteiger partial charge in [-0.3, -0.25) is 0 Å². The fourth-order valence-electron chi connectivity index (χ4n) is 2.73. The maximum atomic E-state index is 12.3. The van der Waals surface area contributed by atoms with Gasteiger partial charge in [0.1, 0.15) is 0 Å². The first-order valence-corrected chi connectivity index (χ1v) is 7.69. The lowest BCUT2D eigenvalue weighted by atomic mass is 10.0. The van der Waals surface area contributed by atoms with Crippen molar-refractivity contribution in [3.8, 4) is 0 Å². The van der Waals surface area contributed by atoms with Crippen molar-refractivity contribution >= 4 is 6.03 Å². The number of nitrogens with zero attached hydrogens (tertiary/aromatic N) is 2. The number of hydrogen-bond acceptors (Lipinski definition) is 2. The van der Waals surface area contributed by atoms with Gasteiger partial charge in [-0.2, -0.15) is 0 Å². The Kier molecular flexibility index (Phi) is 7.21. The number of nitrogens with one attached hydrogen (secondary N) is 1. The lowest BCUT2D eigenvalue weighted by molar-refractivity contribution is 0.189. The molecule has 0 bridgehead atoms. The molecule has 1 heterocycles. The van der Waals surface area contributed by atoms with Crippen molar-refractivity contribution in [2.75, 3.05) is 33.7 Å². The molecule has 0 aromatic rings. The number of carbonyl (C=O) groups is 1. The molecular formula is C15H31N3O. The van der Waals surface area contributed by atoms with Crippen LogP contribution in [0, 0.1) is 5.92 Å². The normalized spacial score (nSPS) is 18.5. The maximum absolute atomic E-state index is 12.3. The smallest absolute Gasteiger partial charge is 0.317 e. The molecular weight excluding hydrogens is 238 g/mol.